The Labute approximate surface area is 124 Å². The summed E-state index contributed by atoms with van der Waals surface area (Å²) in [5, 5.41) is 10.6. The molecule has 21 heavy (non-hydrogen) atoms. The van der Waals surface area contributed by atoms with Crippen molar-refractivity contribution in [1.82, 2.24) is 0 Å². The van der Waals surface area contributed by atoms with E-state index in [9.17, 15) is 9.90 Å². The highest BCUT2D eigenvalue weighted by molar-refractivity contribution is 5.76. The van der Waals surface area contributed by atoms with Gasteiger partial charge in [0.15, 0.2) is 11.5 Å². The summed E-state index contributed by atoms with van der Waals surface area (Å²) in [6, 6.07) is 3.47. The monoisotopic (exact) mass is 292 g/mol. The van der Waals surface area contributed by atoms with Gasteiger partial charge in [-0.25, -0.2) is 0 Å². The molecule has 1 saturated heterocycles. The van der Waals surface area contributed by atoms with E-state index >= 15 is 0 Å². The van der Waals surface area contributed by atoms with Gasteiger partial charge in [0, 0.05) is 5.92 Å². The van der Waals surface area contributed by atoms with Crippen LogP contribution in [0, 0.1) is 18.8 Å². The normalized spacial score (nSPS) is 22.6. The minimum Gasteiger partial charge on any atom is -0.493 e. The van der Waals surface area contributed by atoms with Gasteiger partial charge in [-0.1, -0.05) is 6.08 Å². The summed E-state index contributed by atoms with van der Waals surface area (Å²) >= 11 is 0. The van der Waals surface area contributed by atoms with Crippen LogP contribution < -0.4 is 9.47 Å². The number of rotatable bonds is 5. The van der Waals surface area contributed by atoms with Gasteiger partial charge in [0.05, 0.1) is 32.8 Å². The quantitative estimate of drug-likeness (QED) is 0.664. The van der Waals surface area contributed by atoms with E-state index in [-0.39, 0.29) is 12.5 Å². The van der Waals surface area contributed by atoms with Crippen LogP contribution in [0.25, 0.3) is 0 Å². The molecule has 3 atom stereocenters. The van der Waals surface area contributed by atoms with E-state index in [2.05, 4.69) is 6.58 Å². The van der Waals surface area contributed by atoms with E-state index in [0.717, 1.165) is 5.56 Å². The largest absolute Gasteiger partial charge is 0.493 e. The van der Waals surface area contributed by atoms with Gasteiger partial charge in [-0.3, -0.25) is 4.79 Å². The van der Waals surface area contributed by atoms with Crippen LogP contribution in [0.3, 0.4) is 0 Å². The number of methoxy groups -OCH3 is 2. The fourth-order valence-corrected chi connectivity index (χ4v) is 2.69. The number of cyclic esters (lactones) is 1. The lowest BCUT2D eigenvalue weighted by molar-refractivity contribution is -0.144. The maximum absolute atomic E-state index is 11.8. The Hall–Kier alpha value is -2.01. The molecule has 1 aliphatic rings. The van der Waals surface area contributed by atoms with Crippen LogP contribution in [0.1, 0.15) is 17.2 Å². The molecule has 1 fully saturated rings. The fraction of sp³-hybridized carbons (Fsp3) is 0.438. The summed E-state index contributed by atoms with van der Waals surface area (Å²) < 4.78 is 15.6. The molecule has 114 valence electrons. The molecular weight excluding hydrogens is 272 g/mol. The van der Waals surface area contributed by atoms with Gasteiger partial charge in [-0.15, -0.1) is 6.58 Å². The standard InChI is InChI=1S/C16H20O5/c1-5-10-8-21-16(18)13(10)14(17)11-6-9(2)15(20-4)12(7-11)19-3/h5-7,10,13-14,17H,1,8H2,2-4H3/t10-,13?,14?/m0/s1. The maximum atomic E-state index is 11.8. The van der Waals surface area contributed by atoms with Crippen molar-refractivity contribution >= 4 is 5.97 Å². The molecule has 0 aromatic heterocycles. The number of esters is 1. The predicted molar refractivity (Wildman–Crippen MR) is 77.4 cm³/mol. The van der Waals surface area contributed by atoms with Crippen molar-refractivity contribution in [2.75, 3.05) is 20.8 Å². The molecule has 1 heterocycles. The highest BCUT2D eigenvalue weighted by Gasteiger charge is 2.41. The van der Waals surface area contributed by atoms with E-state index in [1.807, 2.05) is 6.92 Å². The van der Waals surface area contributed by atoms with Crippen LogP contribution in [0.4, 0.5) is 0 Å². The number of ether oxygens (including phenoxy) is 3. The Morgan fingerprint density at radius 3 is 2.71 bits per heavy atom. The lowest BCUT2D eigenvalue weighted by Crippen LogP contribution is -2.23. The van der Waals surface area contributed by atoms with Gasteiger partial charge < -0.3 is 19.3 Å². The zero-order valence-corrected chi connectivity index (χ0v) is 12.5. The third kappa shape index (κ3) is 2.74. The first-order valence-electron chi connectivity index (χ1n) is 6.73. The van der Waals surface area contributed by atoms with Crippen molar-refractivity contribution < 1.29 is 24.1 Å². The molecular formula is C16H20O5. The molecule has 0 amide bonds. The van der Waals surface area contributed by atoms with Gasteiger partial charge >= 0.3 is 5.97 Å². The van der Waals surface area contributed by atoms with Crippen molar-refractivity contribution in [3.05, 3.63) is 35.9 Å². The number of aliphatic hydroxyl groups excluding tert-OH is 1. The van der Waals surface area contributed by atoms with E-state index in [4.69, 9.17) is 14.2 Å². The molecule has 0 spiro atoms. The minimum atomic E-state index is -0.971. The van der Waals surface area contributed by atoms with Crippen molar-refractivity contribution in [1.29, 1.82) is 0 Å². The topological polar surface area (TPSA) is 65.0 Å². The molecule has 0 bridgehead atoms. The third-order valence-electron chi connectivity index (χ3n) is 3.82. The Balaban J connectivity index is 2.39. The Bertz CT molecular complexity index is 552. The number of aliphatic hydroxyl groups is 1. The average molecular weight is 292 g/mol. The Morgan fingerprint density at radius 2 is 2.14 bits per heavy atom. The van der Waals surface area contributed by atoms with Gasteiger partial charge in [0.1, 0.15) is 0 Å². The molecule has 2 unspecified atom stereocenters. The van der Waals surface area contributed by atoms with Crippen LogP contribution in [-0.4, -0.2) is 31.9 Å². The summed E-state index contributed by atoms with van der Waals surface area (Å²) in [6.45, 7) is 5.81. The fourth-order valence-electron chi connectivity index (χ4n) is 2.69. The summed E-state index contributed by atoms with van der Waals surface area (Å²) in [6.07, 6.45) is 0.674. The van der Waals surface area contributed by atoms with Crippen molar-refractivity contribution in [2.24, 2.45) is 11.8 Å². The minimum absolute atomic E-state index is 0.194. The van der Waals surface area contributed by atoms with E-state index < -0.39 is 18.0 Å². The first kappa shape index (κ1) is 15.4. The zero-order valence-electron chi connectivity index (χ0n) is 12.5. The SMILES string of the molecule is C=C[C@H]1COC(=O)C1C(O)c1cc(C)c(OC)c(OC)c1. The summed E-state index contributed by atoms with van der Waals surface area (Å²) in [5.74, 6) is -0.100. The van der Waals surface area contributed by atoms with Crippen molar-refractivity contribution in [3.8, 4) is 11.5 Å². The van der Waals surface area contributed by atoms with E-state index in [1.165, 1.54) is 7.11 Å². The van der Waals surface area contributed by atoms with E-state index in [1.54, 1.807) is 25.3 Å². The smallest absolute Gasteiger partial charge is 0.312 e. The average Bonchev–Trinajstić information content (AvgIpc) is 2.86. The second-order valence-electron chi connectivity index (χ2n) is 5.07. The first-order valence-corrected chi connectivity index (χ1v) is 6.73. The van der Waals surface area contributed by atoms with Gasteiger partial charge in [-0.2, -0.15) is 0 Å². The van der Waals surface area contributed by atoms with Crippen LogP contribution in [0.15, 0.2) is 24.8 Å². The van der Waals surface area contributed by atoms with Crippen LogP contribution >= 0.6 is 0 Å². The molecule has 1 aromatic carbocycles. The molecule has 0 aliphatic carbocycles. The molecule has 0 radical (unpaired) electrons. The molecule has 5 nitrogen and oxygen atoms in total. The molecule has 1 aliphatic heterocycles. The summed E-state index contributed by atoms with van der Waals surface area (Å²) in [7, 11) is 3.09. The number of aryl methyl sites for hydroxylation is 1. The summed E-state index contributed by atoms with van der Waals surface area (Å²) in [4.78, 5) is 11.8. The molecule has 1 aromatic rings. The first-order chi connectivity index (χ1) is 10.0. The lowest BCUT2D eigenvalue weighted by Gasteiger charge is -2.21. The lowest BCUT2D eigenvalue weighted by atomic mass is 9.86. The van der Waals surface area contributed by atoms with Crippen LogP contribution in [0.2, 0.25) is 0 Å². The highest BCUT2D eigenvalue weighted by Crippen LogP contribution is 2.39. The molecule has 5 heteroatoms. The molecule has 1 N–H and O–H groups in total. The predicted octanol–water partition coefficient (Wildman–Crippen LogP) is 2.02. The number of hydrogen-bond acceptors (Lipinski definition) is 5. The zero-order chi connectivity index (χ0) is 15.6. The van der Waals surface area contributed by atoms with Crippen molar-refractivity contribution in [3.63, 3.8) is 0 Å². The number of benzene rings is 1. The number of carbonyl (C=O) groups is 1. The summed E-state index contributed by atoms with van der Waals surface area (Å²) in [5.41, 5.74) is 1.42. The third-order valence-corrected chi connectivity index (χ3v) is 3.82. The van der Waals surface area contributed by atoms with Gasteiger partial charge in [0.25, 0.3) is 0 Å². The number of hydrogen-bond donors (Lipinski definition) is 1. The Kier molecular flexibility index (Phi) is 4.53. The second kappa shape index (κ2) is 6.18. The van der Waals surface area contributed by atoms with Crippen LogP contribution in [0.5, 0.6) is 11.5 Å². The van der Waals surface area contributed by atoms with Crippen LogP contribution in [-0.2, 0) is 9.53 Å². The maximum Gasteiger partial charge on any atom is 0.312 e. The van der Waals surface area contributed by atoms with Gasteiger partial charge in [-0.05, 0) is 30.2 Å². The van der Waals surface area contributed by atoms with E-state index in [0.29, 0.717) is 17.1 Å². The Morgan fingerprint density at radius 1 is 1.43 bits per heavy atom. The number of carbonyl (C=O) groups excluding carboxylic acids is 1. The molecule has 2 rings (SSSR count). The van der Waals surface area contributed by atoms with Crippen molar-refractivity contribution in [2.45, 2.75) is 13.0 Å². The second-order valence-corrected chi connectivity index (χ2v) is 5.07. The van der Waals surface area contributed by atoms with Gasteiger partial charge in [0.2, 0.25) is 0 Å². The highest BCUT2D eigenvalue weighted by atomic mass is 16.5. The molecule has 0 saturated carbocycles.